The Balaban J connectivity index is 2.09. The highest BCUT2D eigenvalue weighted by atomic mass is 32.1. The van der Waals surface area contributed by atoms with E-state index in [1.54, 1.807) is 12.1 Å². The van der Waals surface area contributed by atoms with Crippen LogP contribution in [0.1, 0.15) is 16.1 Å². The first-order valence-electron chi connectivity index (χ1n) is 5.40. The Morgan fingerprint density at radius 1 is 1.26 bits per heavy atom. The minimum absolute atomic E-state index is 0.225. The average Bonchev–Trinajstić information content (AvgIpc) is 2.58. The fourth-order valence-corrected chi connectivity index (χ4v) is 2.48. The number of nitrogens with zero attached hydrogens (tertiary/aromatic N) is 1. The number of anilines is 1. The zero-order valence-electron chi connectivity index (χ0n) is 9.99. The molecule has 0 saturated heterocycles. The predicted molar refractivity (Wildman–Crippen MR) is 67.2 cm³/mol. The molecule has 0 spiro atoms. The Morgan fingerprint density at radius 2 is 1.89 bits per heavy atom. The van der Waals surface area contributed by atoms with Gasteiger partial charge in [0.05, 0.1) is 5.69 Å². The molecule has 0 unspecified atom stereocenters. The summed E-state index contributed by atoms with van der Waals surface area (Å²) >= 11 is 1.38. The fraction of sp³-hybridized carbons (Fsp3) is 0.250. The Hall–Kier alpha value is -1.76. The number of aryl methyl sites for hydroxylation is 1. The standard InChI is InChI=1S/C12H11F3N2OS/c1-7-10(19-11(16)17-7)6-8-2-4-9(5-3-8)18-12(13,14)15/h2-5H,6H2,1H3,(H2,16,17). The van der Waals surface area contributed by atoms with Gasteiger partial charge in [0.25, 0.3) is 0 Å². The van der Waals surface area contributed by atoms with Crippen LogP contribution in [0.5, 0.6) is 5.75 Å². The minimum atomic E-state index is -4.66. The highest BCUT2D eigenvalue weighted by Gasteiger charge is 2.30. The Morgan fingerprint density at radius 3 is 2.37 bits per heavy atom. The summed E-state index contributed by atoms with van der Waals surface area (Å²) in [5.74, 6) is -0.225. The van der Waals surface area contributed by atoms with Crippen LogP contribution in [-0.2, 0) is 6.42 Å². The maximum Gasteiger partial charge on any atom is 0.573 e. The second-order valence-electron chi connectivity index (χ2n) is 3.93. The van der Waals surface area contributed by atoms with E-state index in [-0.39, 0.29) is 5.75 Å². The second-order valence-corrected chi connectivity index (χ2v) is 5.04. The first-order chi connectivity index (χ1) is 8.83. The lowest BCUT2D eigenvalue weighted by atomic mass is 10.1. The quantitative estimate of drug-likeness (QED) is 0.940. The predicted octanol–water partition coefficient (Wildman–Crippen LogP) is 3.52. The van der Waals surface area contributed by atoms with Crippen LogP contribution < -0.4 is 10.5 Å². The molecule has 0 aliphatic heterocycles. The van der Waals surface area contributed by atoms with Gasteiger partial charge in [-0.2, -0.15) is 0 Å². The van der Waals surface area contributed by atoms with Crippen LogP contribution in [0.3, 0.4) is 0 Å². The molecule has 1 aromatic carbocycles. The van der Waals surface area contributed by atoms with E-state index in [1.165, 1.54) is 23.5 Å². The van der Waals surface area contributed by atoms with E-state index in [0.29, 0.717) is 11.6 Å². The van der Waals surface area contributed by atoms with E-state index in [1.807, 2.05) is 6.92 Å². The summed E-state index contributed by atoms with van der Waals surface area (Å²) < 4.78 is 39.8. The van der Waals surface area contributed by atoms with Gasteiger partial charge in [-0.1, -0.05) is 12.1 Å². The number of alkyl halides is 3. The van der Waals surface area contributed by atoms with Gasteiger partial charge < -0.3 is 10.5 Å². The maximum absolute atomic E-state index is 12.0. The average molecular weight is 288 g/mol. The number of nitrogen functional groups attached to an aromatic ring is 1. The first kappa shape index (κ1) is 13.7. The minimum Gasteiger partial charge on any atom is -0.406 e. The number of aromatic nitrogens is 1. The van der Waals surface area contributed by atoms with Crippen molar-refractivity contribution in [3.8, 4) is 5.75 Å². The summed E-state index contributed by atoms with van der Waals surface area (Å²) in [4.78, 5) is 5.10. The molecular formula is C12H11F3N2OS. The summed E-state index contributed by atoms with van der Waals surface area (Å²) in [7, 11) is 0. The number of hydrogen-bond acceptors (Lipinski definition) is 4. The first-order valence-corrected chi connectivity index (χ1v) is 6.21. The van der Waals surface area contributed by atoms with E-state index in [9.17, 15) is 13.2 Å². The summed E-state index contributed by atoms with van der Waals surface area (Å²) in [6.45, 7) is 1.85. The summed E-state index contributed by atoms with van der Waals surface area (Å²) in [6, 6.07) is 5.78. The molecule has 1 heterocycles. The number of benzene rings is 1. The summed E-state index contributed by atoms with van der Waals surface area (Å²) in [5, 5.41) is 0.490. The summed E-state index contributed by atoms with van der Waals surface area (Å²) in [6.07, 6.45) is -4.07. The number of ether oxygens (including phenoxy) is 1. The van der Waals surface area contributed by atoms with Gasteiger partial charge in [0, 0.05) is 11.3 Å². The van der Waals surface area contributed by atoms with E-state index < -0.39 is 6.36 Å². The SMILES string of the molecule is Cc1nc(N)sc1Cc1ccc(OC(F)(F)F)cc1. The lowest BCUT2D eigenvalue weighted by Crippen LogP contribution is -2.17. The van der Waals surface area contributed by atoms with Crippen molar-refractivity contribution >= 4 is 16.5 Å². The maximum atomic E-state index is 12.0. The third-order valence-corrected chi connectivity index (χ3v) is 3.42. The van der Waals surface area contributed by atoms with Gasteiger partial charge in [-0.25, -0.2) is 4.98 Å². The second kappa shape index (κ2) is 5.08. The van der Waals surface area contributed by atoms with E-state index in [2.05, 4.69) is 9.72 Å². The molecule has 0 radical (unpaired) electrons. The highest BCUT2D eigenvalue weighted by molar-refractivity contribution is 7.15. The topological polar surface area (TPSA) is 48.1 Å². The van der Waals surface area contributed by atoms with Gasteiger partial charge in [0.15, 0.2) is 5.13 Å². The zero-order chi connectivity index (χ0) is 14.0. The Labute approximate surface area is 111 Å². The van der Waals surface area contributed by atoms with Crippen LogP contribution in [0.2, 0.25) is 0 Å². The molecule has 19 heavy (non-hydrogen) atoms. The monoisotopic (exact) mass is 288 g/mol. The highest BCUT2D eigenvalue weighted by Crippen LogP contribution is 2.26. The van der Waals surface area contributed by atoms with Gasteiger partial charge in [0.1, 0.15) is 5.75 Å². The van der Waals surface area contributed by atoms with E-state index >= 15 is 0 Å². The van der Waals surface area contributed by atoms with Gasteiger partial charge in [-0.05, 0) is 24.6 Å². The van der Waals surface area contributed by atoms with Crippen molar-refractivity contribution in [3.63, 3.8) is 0 Å². The molecule has 0 bridgehead atoms. The van der Waals surface area contributed by atoms with Crippen molar-refractivity contribution in [2.45, 2.75) is 19.7 Å². The van der Waals surface area contributed by atoms with Crippen LogP contribution in [0.25, 0.3) is 0 Å². The van der Waals surface area contributed by atoms with Gasteiger partial charge in [-0.15, -0.1) is 24.5 Å². The van der Waals surface area contributed by atoms with Crippen molar-refractivity contribution in [2.75, 3.05) is 5.73 Å². The molecule has 2 aromatic rings. The molecule has 0 aliphatic carbocycles. The molecule has 0 saturated carbocycles. The number of halogens is 3. The van der Waals surface area contributed by atoms with E-state index in [0.717, 1.165) is 16.1 Å². The molecular weight excluding hydrogens is 277 g/mol. The summed E-state index contributed by atoms with van der Waals surface area (Å²) in [5.41, 5.74) is 7.31. The molecule has 2 rings (SSSR count). The number of thiazole rings is 1. The molecule has 0 fully saturated rings. The molecule has 0 amide bonds. The van der Waals surface area contributed by atoms with Crippen LogP contribution in [0, 0.1) is 6.92 Å². The lowest BCUT2D eigenvalue weighted by molar-refractivity contribution is -0.274. The zero-order valence-corrected chi connectivity index (χ0v) is 10.8. The Kier molecular flexibility index (Phi) is 3.66. The van der Waals surface area contributed by atoms with Crippen molar-refractivity contribution in [2.24, 2.45) is 0 Å². The van der Waals surface area contributed by atoms with Crippen LogP contribution in [-0.4, -0.2) is 11.3 Å². The lowest BCUT2D eigenvalue weighted by Gasteiger charge is -2.09. The Bertz CT molecular complexity index is 563. The van der Waals surface area contributed by atoms with Crippen LogP contribution >= 0.6 is 11.3 Å². The number of nitrogens with two attached hydrogens (primary N) is 1. The third kappa shape index (κ3) is 3.85. The third-order valence-electron chi connectivity index (χ3n) is 2.43. The molecule has 102 valence electrons. The number of rotatable bonds is 3. The molecule has 0 aliphatic rings. The molecule has 0 atom stereocenters. The van der Waals surface area contributed by atoms with Gasteiger partial charge >= 0.3 is 6.36 Å². The molecule has 7 heteroatoms. The fourth-order valence-electron chi connectivity index (χ4n) is 1.61. The van der Waals surface area contributed by atoms with Gasteiger partial charge in [0.2, 0.25) is 0 Å². The van der Waals surface area contributed by atoms with Crippen LogP contribution in [0.15, 0.2) is 24.3 Å². The normalized spacial score (nSPS) is 11.6. The number of hydrogen-bond donors (Lipinski definition) is 1. The molecule has 3 nitrogen and oxygen atoms in total. The smallest absolute Gasteiger partial charge is 0.406 e. The largest absolute Gasteiger partial charge is 0.573 e. The van der Waals surface area contributed by atoms with Crippen molar-refractivity contribution in [3.05, 3.63) is 40.4 Å². The van der Waals surface area contributed by atoms with Crippen molar-refractivity contribution in [1.82, 2.24) is 4.98 Å². The van der Waals surface area contributed by atoms with E-state index in [4.69, 9.17) is 5.73 Å². The van der Waals surface area contributed by atoms with Crippen LogP contribution in [0.4, 0.5) is 18.3 Å². The molecule has 1 aromatic heterocycles. The van der Waals surface area contributed by atoms with Crippen molar-refractivity contribution in [1.29, 1.82) is 0 Å². The van der Waals surface area contributed by atoms with Crippen molar-refractivity contribution < 1.29 is 17.9 Å². The molecule has 2 N–H and O–H groups in total. The van der Waals surface area contributed by atoms with Gasteiger partial charge in [-0.3, -0.25) is 0 Å².